The molecule has 0 unspecified atom stereocenters. The zero-order valence-corrected chi connectivity index (χ0v) is 16.6. The summed E-state index contributed by atoms with van der Waals surface area (Å²) in [4.78, 5) is 8.73. The van der Waals surface area contributed by atoms with Crippen molar-refractivity contribution in [3.63, 3.8) is 0 Å². The van der Waals surface area contributed by atoms with Gasteiger partial charge < -0.3 is 5.32 Å². The summed E-state index contributed by atoms with van der Waals surface area (Å²) in [5.41, 5.74) is 3.52. The molecule has 0 aliphatic rings. The lowest BCUT2D eigenvalue weighted by Gasteiger charge is -2.09. The number of hydrogen-bond donors (Lipinski definition) is 1. The SMILES string of the molecule is Cc1cc(Nc2ncnc3c2cnn3-c2ccc(Cl)c(Cl)c2)ccc1Br. The molecule has 8 heteroatoms. The lowest BCUT2D eigenvalue weighted by atomic mass is 10.2. The molecule has 0 radical (unpaired) electrons. The summed E-state index contributed by atoms with van der Waals surface area (Å²) in [7, 11) is 0. The van der Waals surface area contributed by atoms with E-state index in [1.54, 1.807) is 23.0 Å². The fourth-order valence-corrected chi connectivity index (χ4v) is 3.15. The molecule has 0 aliphatic carbocycles. The third-order valence-corrected chi connectivity index (χ3v) is 5.56. The minimum Gasteiger partial charge on any atom is -0.340 e. The number of anilines is 2. The summed E-state index contributed by atoms with van der Waals surface area (Å²) in [5, 5.41) is 9.53. The molecule has 0 atom stereocenters. The van der Waals surface area contributed by atoms with Crippen molar-refractivity contribution < 1.29 is 0 Å². The van der Waals surface area contributed by atoms with Gasteiger partial charge in [0.1, 0.15) is 12.1 Å². The Bertz CT molecular complexity index is 1130. The molecule has 4 rings (SSSR count). The summed E-state index contributed by atoms with van der Waals surface area (Å²) in [6.45, 7) is 2.03. The molecule has 5 nitrogen and oxygen atoms in total. The van der Waals surface area contributed by atoms with Crippen LogP contribution in [0, 0.1) is 6.92 Å². The molecule has 26 heavy (non-hydrogen) atoms. The number of fused-ring (bicyclic) bond motifs is 1. The fourth-order valence-electron chi connectivity index (χ4n) is 2.61. The van der Waals surface area contributed by atoms with Gasteiger partial charge in [-0.15, -0.1) is 0 Å². The van der Waals surface area contributed by atoms with Crippen molar-refractivity contribution in [2.75, 3.05) is 5.32 Å². The maximum Gasteiger partial charge on any atom is 0.168 e. The zero-order valence-electron chi connectivity index (χ0n) is 13.5. The molecule has 2 aromatic heterocycles. The van der Waals surface area contributed by atoms with Gasteiger partial charge in [0.05, 0.1) is 27.3 Å². The number of nitrogens with zero attached hydrogens (tertiary/aromatic N) is 4. The largest absolute Gasteiger partial charge is 0.340 e. The minimum absolute atomic E-state index is 0.463. The van der Waals surface area contributed by atoms with E-state index in [0.717, 1.165) is 26.8 Å². The van der Waals surface area contributed by atoms with Crippen LogP contribution in [-0.2, 0) is 0 Å². The van der Waals surface area contributed by atoms with E-state index in [4.69, 9.17) is 23.2 Å². The van der Waals surface area contributed by atoms with Crippen LogP contribution in [0.2, 0.25) is 10.0 Å². The van der Waals surface area contributed by atoms with E-state index in [0.29, 0.717) is 21.5 Å². The first-order valence-corrected chi connectivity index (χ1v) is 9.25. The Hall–Kier alpha value is -2.15. The Morgan fingerprint density at radius 1 is 1.04 bits per heavy atom. The van der Waals surface area contributed by atoms with E-state index >= 15 is 0 Å². The number of halogens is 3. The van der Waals surface area contributed by atoms with Gasteiger partial charge in [-0.3, -0.25) is 0 Å². The normalized spacial score (nSPS) is 11.1. The highest BCUT2D eigenvalue weighted by molar-refractivity contribution is 9.10. The molecule has 0 amide bonds. The molecule has 2 aromatic carbocycles. The molecule has 2 heterocycles. The van der Waals surface area contributed by atoms with Crippen LogP contribution in [0.15, 0.2) is 53.4 Å². The molecule has 1 N–H and O–H groups in total. The van der Waals surface area contributed by atoms with E-state index in [1.807, 2.05) is 31.2 Å². The van der Waals surface area contributed by atoms with Crippen LogP contribution in [0.1, 0.15) is 5.56 Å². The summed E-state index contributed by atoms with van der Waals surface area (Å²) < 4.78 is 2.76. The number of aromatic nitrogens is 4. The lowest BCUT2D eigenvalue weighted by molar-refractivity contribution is 0.895. The highest BCUT2D eigenvalue weighted by atomic mass is 79.9. The molecule has 4 aromatic rings. The standard InChI is InChI=1S/C18H12BrCl2N5/c1-10-6-11(2-4-14(10)19)25-17-13-8-24-26(18(13)23-9-22-17)12-3-5-15(20)16(21)7-12/h2-9H,1H3,(H,22,23,25). The Morgan fingerprint density at radius 3 is 2.65 bits per heavy atom. The van der Waals surface area contributed by atoms with Crippen LogP contribution in [0.5, 0.6) is 0 Å². The molecule has 0 bridgehead atoms. The Kier molecular flexibility index (Phi) is 4.56. The van der Waals surface area contributed by atoms with Crippen LogP contribution in [0.3, 0.4) is 0 Å². The molecule has 0 spiro atoms. The van der Waals surface area contributed by atoms with Crippen LogP contribution in [0.25, 0.3) is 16.7 Å². The summed E-state index contributed by atoms with van der Waals surface area (Å²) >= 11 is 15.6. The number of hydrogen-bond acceptors (Lipinski definition) is 4. The van der Waals surface area contributed by atoms with E-state index in [-0.39, 0.29) is 0 Å². The summed E-state index contributed by atoms with van der Waals surface area (Å²) in [5.74, 6) is 0.683. The van der Waals surface area contributed by atoms with Crippen molar-refractivity contribution in [2.24, 2.45) is 0 Å². The summed E-state index contributed by atoms with van der Waals surface area (Å²) in [6.07, 6.45) is 3.23. The van der Waals surface area contributed by atoms with Gasteiger partial charge in [-0.05, 0) is 48.9 Å². The van der Waals surface area contributed by atoms with Gasteiger partial charge in [0.2, 0.25) is 0 Å². The average molecular weight is 449 g/mol. The number of nitrogens with one attached hydrogen (secondary N) is 1. The number of aryl methyl sites for hydroxylation is 1. The molecule has 0 saturated heterocycles. The molecule has 0 fully saturated rings. The molecule has 0 saturated carbocycles. The van der Waals surface area contributed by atoms with Gasteiger partial charge in [0.15, 0.2) is 5.65 Å². The molecule has 0 aliphatic heterocycles. The van der Waals surface area contributed by atoms with Crippen LogP contribution < -0.4 is 5.32 Å². The van der Waals surface area contributed by atoms with E-state index in [9.17, 15) is 0 Å². The van der Waals surface area contributed by atoms with Crippen molar-refractivity contribution in [3.05, 3.63) is 69.0 Å². The first kappa shape index (κ1) is 17.3. The smallest absolute Gasteiger partial charge is 0.168 e. The topological polar surface area (TPSA) is 55.6 Å². The second-order valence-corrected chi connectivity index (χ2v) is 7.37. The predicted octanol–water partition coefficient (Wildman–Crippen LogP) is 5.94. The van der Waals surface area contributed by atoms with E-state index in [2.05, 4.69) is 36.3 Å². The number of benzene rings is 2. The first-order valence-electron chi connectivity index (χ1n) is 7.70. The molecular formula is C18H12BrCl2N5. The molecular weight excluding hydrogens is 437 g/mol. The maximum absolute atomic E-state index is 6.13. The van der Waals surface area contributed by atoms with E-state index < -0.39 is 0 Å². The minimum atomic E-state index is 0.463. The Morgan fingerprint density at radius 2 is 1.88 bits per heavy atom. The Labute approximate surface area is 168 Å². The van der Waals surface area contributed by atoms with Crippen LogP contribution in [0.4, 0.5) is 11.5 Å². The maximum atomic E-state index is 6.13. The Balaban J connectivity index is 1.77. The summed E-state index contributed by atoms with van der Waals surface area (Å²) in [6, 6.07) is 11.3. The van der Waals surface area contributed by atoms with Gasteiger partial charge in [-0.25, -0.2) is 14.6 Å². The van der Waals surface area contributed by atoms with Crippen molar-refractivity contribution >= 4 is 61.7 Å². The van der Waals surface area contributed by atoms with Gasteiger partial charge in [-0.1, -0.05) is 39.1 Å². The van der Waals surface area contributed by atoms with Crippen molar-refractivity contribution in [1.82, 2.24) is 19.7 Å². The van der Waals surface area contributed by atoms with Gasteiger partial charge in [0.25, 0.3) is 0 Å². The monoisotopic (exact) mass is 447 g/mol. The number of rotatable bonds is 3. The third-order valence-electron chi connectivity index (χ3n) is 3.93. The lowest BCUT2D eigenvalue weighted by Crippen LogP contribution is -1.99. The fraction of sp³-hybridized carbons (Fsp3) is 0.0556. The van der Waals surface area contributed by atoms with Gasteiger partial charge in [-0.2, -0.15) is 5.10 Å². The van der Waals surface area contributed by atoms with Gasteiger partial charge in [0, 0.05) is 10.2 Å². The van der Waals surface area contributed by atoms with Gasteiger partial charge >= 0.3 is 0 Å². The molecule has 130 valence electrons. The van der Waals surface area contributed by atoms with Crippen LogP contribution in [-0.4, -0.2) is 19.7 Å². The van der Waals surface area contributed by atoms with Crippen molar-refractivity contribution in [2.45, 2.75) is 6.92 Å². The average Bonchev–Trinajstić information content (AvgIpc) is 3.06. The second-order valence-electron chi connectivity index (χ2n) is 5.70. The predicted molar refractivity (Wildman–Crippen MR) is 109 cm³/mol. The van der Waals surface area contributed by atoms with Crippen molar-refractivity contribution in [1.29, 1.82) is 0 Å². The second kappa shape index (κ2) is 6.87. The highest BCUT2D eigenvalue weighted by Gasteiger charge is 2.12. The first-order chi connectivity index (χ1) is 12.5. The third kappa shape index (κ3) is 3.16. The van der Waals surface area contributed by atoms with Crippen LogP contribution >= 0.6 is 39.1 Å². The quantitative estimate of drug-likeness (QED) is 0.421. The van der Waals surface area contributed by atoms with E-state index in [1.165, 1.54) is 6.33 Å². The zero-order chi connectivity index (χ0) is 18.3. The highest BCUT2D eigenvalue weighted by Crippen LogP contribution is 2.29. The van der Waals surface area contributed by atoms with Crippen molar-refractivity contribution in [3.8, 4) is 5.69 Å².